The van der Waals surface area contributed by atoms with Crippen LogP contribution in [0.1, 0.15) is 15.9 Å². The number of benzene rings is 1. The minimum absolute atomic E-state index is 0.169. The molecule has 0 bridgehead atoms. The van der Waals surface area contributed by atoms with Crippen molar-refractivity contribution >= 4 is 17.4 Å². The number of hydrogen-bond acceptors (Lipinski definition) is 4. The topological polar surface area (TPSA) is 95.7 Å². The summed E-state index contributed by atoms with van der Waals surface area (Å²) in [6.45, 7) is -0.249. The Labute approximate surface area is 117 Å². The maximum absolute atomic E-state index is 12.0. The van der Waals surface area contributed by atoms with E-state index >= 15 is 0 Å². The van der Waals surface area contributed by atoms with Gasteiger partial charge in [-0.3, -0.25) is 19.1 Å². The summed E-state index contributed by atoms with van der Waals surface area (Å²) in [4.78, 5) is 36.6. The number of ketones is 1. The van der Waals surface area contributed by atoms with Crippen LogP contribution in [-0.2, 0) is 6.54 Å². The van der Waals surface area contributed by atoms with Crippen LogP contribution in [0.4, 0.5) is 0 Å². The van der Waals surface area contributed by atoms with Gasteiger partial charge in [0.25, 0.3) is 5.56 Å². The van der Waals surface area contributed by atoms with Gasteiger partial charge in [0, 0.05) is 11.8 Å². The van der Waals surface area contributed by atoms with E-state index < -0.39 is 11.2 Å². The van der Waals surface area contributed by atoms with Crippen LogP contribution in [0.15, 0.2) is 40.1 Å². The molecule has 0 atom stereocenters. The Morgan fingerprint density at radius 3 is 2.55 bits per heavy atom. The predicted octanol–water partition coefficient (Wildman–Crippen LogP) is 0.945. The number of rotatable bonds is 3. The highest BCUT2D eigenvalue weighted by Gasteiger charge is 2.09. The number of H-pyrrole nitrogens is 1. The molecule has 1 heterocycles. The fraction of sp³-hybridized carbons (Fsp3) is 0.0769. The highest BCUT2D eigenvalue weighted by Crippen LogP contribution is 2.05. The average Bonchev–Trinajstić information content (AvgIpc) is 2.44. The molecule has 0 aliphatic heterocycles. The lowest BCUT2D eigenvalue weighted by atomic mass is 10.1. The zero-order valence-corrected chi connectivity index (χ0v) is 10.8. The molecule has 0 unspecified atom stereocenters. The van der Waals surface area contributed by atoms with Gasteiger partial charge in [0.15, 0.2) is 5.78 Å². The Morgan fingerprint density at radius 1 is 1.30 bits per heavy atom. The second-order valence-electron chi connectivity index (χ2n) is 3.98. The standard InChI is InChI=1S/C13H8ClN3O3/c14-10-6-17(13(20)16-12(10)19)7-11(18)9-3-1-8(5-15)2-4-9/h1-4,6H,7H2,(H,16,19,20). The van der Waals surface area contributed by atoms with Crippen LogP contribution in [-0.4, -0.2) is 15.3 Å². The molecule has 0 saturated heterocycles. The van der Waals surface area contributed by atoms with E-state index in [0.717, 1.165) is 10.8 Å². The Morgan fingerprint density at radius 2 is 1.95 bits per heavy atom. The van der Waals surface area contributed by atoms with Crippen LogP contribution in [0.2, 0.25) is 5.02 Å². The lowest BCUT2D eigenvalue weighted by molar-refractivity contribution is 0.0970. The number of aromatic amines is 1. The Bertz CT molecular complexity index is 812. The van der Waals surface area contributed by atoms with Gasteiger partial charge in [0.2, 0.25) is 0 Å². The molecular weight excluding hydrogens is 282 g/mol. The minimum Gasteiger partial charge on any atom is -0.292 e. The van der Waals surface area contributed by atoms with E-state index in [2.05, 4.69) is 0 Å². The summed E-state index contributed by atoms with van der Waals surface area (Å²) in [6.07, 6.45) is 1.12. The van der Waals surface area contributed by atoms with Crippen molar-refractivity contribution in [3.63, 3.8) is 0 Å². The summed E-state index contributed by atoms with van der Waals surface area (Å²) in [5.41, 5.74) is -0.607. The van der Waals surface area contributed by atoms with Gasteiger partial charge in [-0.25, -0.2) is 4.79 Å². The van der Waals surface area contributed by atoms with E-state index in [-0.39, 0.29) is 17.4 Å². The molecule has 0 saturated carbocycles. The quantitative estimate of drug-likeness (QED) is 0.851. The van der Waals surface area contributed by atoms with E-state index in [1.165, 1.54) is 24.3 Å². The zero-order valence-electron chi connectivity index (χ0n) is 10.1. The van der Waals surface area contributed by atoms with Crippen molar-refractivity contribution in [3.05, 3.63) is 67.4 Å². The first-order valence-electron chi connectivity index (χ1n) is 5.54. The fourth-order valence-electron chi connectivity index (χ4n) is 1.58. The summed E-state index contributed by atoms with van der Waals surface area (Å²) in [6, 6.07) is 7.96. The highest BCUT2D eigenvalue weighted by molar-refractivity contribution is 6.30. The van der Waals surface area contributed by atoms with Crippen molar-refractivity contribution in [2.24, 2.45) is 0 Å². The van der Waals surface area contributed by atoms with Gasteiger partial charge < -0.3 is 0 Å². The summed E-state index contributed by atoms with van der Waals surface area (Å²) >= 11 is 5.60. The molecule has 1 aromatic heterocycles. The van der Waals surface area contributed by atoms with Crippen molar-refractivity contribution in [1.82, 2.24) is 9.55 Å². The number of nitriles is 1. The van der Waals surface area contributed by atoms with E-state index in [4.69, 9.17) is 16.9 Å². The normalized spacial score (nSPS) is 10.0. The summed E-state index contributed by atoms with van der Waals surface area (Å²) < 4.78 is 1.02. The van der Waals surface area contributed by atoms with Crippen molar-refractivity contribution in [2.75, 3.05) is 0 Å². The van der Waals surface area contributed by atoms with E-state index in [1.807, 2.05) is 11.1 Å². The lowest BCUT2D eigenvalue weighted by Crippen LogP contribution is -2.31. The van der Waals surface area contributed by atoms with Crippen LogP contribution in [0.5, 0.6) is 0 Å². The van der Waals surface area contributed by atoms with Crippen LogP contribution >= 0.6 is 11.6 Å². The number of hydrogen-bond donors (Lipinski definition) is 1. The Kier molecular flexibility index (Phi) is 3.82. The first kappa shape index (κ1) is 13.8. The van der Waals surface area contributed by atoms with Gasteiger partial charge >= 0.3 is 5.69 Å². The van der Waals surface area contributed by atoms with Gasteiger partial charge in [-0.15, -0.1) is 0 Å². The summed E-state index contributed by atoms with van der Waals surface area (Å²) in [7, 11) is 0. The molecule has 6 nitrogen and oxygen atoms in total. The molecule has 2 aromatic rings. The second kappa shape index (κ2) is 5.55. The number of carbonyl (C=O) groups is 1. The molecule has 0 spiro atoms. The van der Waals surface area contributed by atoms with Crippen LogP contribution in [0, 0.1) is 11.3 Å². The number of nitrogens with one attached hydrogen (secondary N) is 1. The minimum atomic E-state index is -0.707. The molecule has 0 amide bonds. The molecule has 2 rings (SSSR count). The van der Waals surface area contributed by atoms with Gasteiger partial charge in [-0.1, -0.05) is 23.7 Å². The van der Waals surface area contributed by atoms with Crippen molar-refractivity contribution in [1.29, 1.82) is 5.26 Å². The summed E-state index contributed by atoms with van der Waals surface area (Å²) in [5, 5.41) is 8.50. The maximum Gasteiger partial charge on any atom is 0.328 e. The number of nitrogens with zero attached hydrogens (tertiary/aromatic N) is 2. The first-order chi connectivity index (χ1) is 9.51. The van der Waals surface area contributed by atoms with Crippen molar-refractivity contribution in [2.45, 2.75) is 6.54 Å². The predicted molar refractivity (Wildman–Crippen MR) is 71.8 cm³/mol. The first-order valence-corrected chi connectivity index (χ1v) is 5.91. The monoisotopic (exact) mass is 289 g/mol. The second-order valence-corrected chi connectivity index (χ2v) is 4.38. The Hall–Kier alpha value is -2.65. The third-order valence-corrected chi connectivity index (χ3v) is 2.89. The molecule has 0 aliphatic carbocycles. The molecule has 7 heteroatoms. The van der Waals surface area contributed by atoms with Crippen molar-refractivity contribution in [3.8, 4) is 6.07 Å². The zero-order chi connectivity index (χ0) is 14.7. The number of halogens is 1. The average molecular weight is 290 g/mol. The van der Waals surface area contributed by atoms with E-state index in [0.29, 0.717) is 11.1 Å². The van der Waals surface area contributed by atoms with Crippen molar-refractivity contribution < 1.29 is 4.79 Å². The molecule has 20 heavy (non-hydrogen) atoms. The largest absolute Gasteiger partial charge is 0.328 e. The number of Topliss-reactive ketones (excluding diaryl/α,β-unsaturated/α-hetero) is 1. The molecule has 1 aromatic carbocycles. The van der Waals surface area contributed by atoms with Crippen LogP contribution < -0.4 is 11.2 Å². The van der Waals surface area contributed by atoms with E-state index in [9.17, 15) is 14.4 Å². The SMILES string of the molecule is N#Cc1ccc(C(=O)Cn2cc(Cl)c(=O)[nH]c2=O)cc1. The molecule has 0 aliphatic rings. The van der Waals surface area contributed by atoms with Gasteiger partial charge in [-0.05, 0) is 12.1 Å². The molecule has 1 N–H and O–H groups in total. The third kappa shape index (κ3) is 2.84. The number of aromatic nitrogens is 2. The van der Waals surface area contributed by atoms with Gasteiger partial charge in [-0.2, -0.15) is 5.26 Å². The van der Waals surface area contributed by atoms with Crippen LogP contribution in [0.3, 0.4) is 0 Å². The summed E-state index contributed by atoms with van der Waals surface area (Å²) in [5.74, 6) is -0.334. The molecule has 0 fully saturated rings. The number of carbonyl (C=O) groups excluding carboxylic acids is 1. The molecule has 100 valence electrons. The third-order valence-electron chi connectivity index (χ3n) is 2.62. The van der Waals surface area contributed by atoms with Gasteiger partial charge in [0.05, 0.1) is 18.2 Å². The maximum atomic E-state index is 12.0. The Balaban J connectivity index is 2.28. The fourth-order valence-corrected chi connectivity index (χ4v) is 1.74. The van der Waals surface area contributed by atoms with Crippen LogP contribution in [0.25, 0.3) is 0 Å². The van der Waals surface area contributed by atoms with Gasteiger partial charge in [0.1, 0.15) is 5.02 Å². The molecule has 0 radical (unpaired) electrons. The lowest BCUT2D eigenvalue weighted by Gasteiger charge is -2.04. The smallest absolute Gasteiger partial charge is 0.292 e. The van der Waals surface area contributed by atoms with E-state index in [1.54, 1.807) is 0 Å². The highest BCUT2D eigenvalue weighted by atomic mass is 35.5. The molecular formula is C13H8ClN3O3.